The van der Waals surface area contributed by atoms with Gasteiger partial charge in [-0.05, 0) is 65.7 Å². The summed E-state index contributed by atoms with van der Waals surface area (Å²) in [7, 11) is -0.357. The minimum absolute atomic E-state index is 0.357. The molecule has 35 heavy (non-hydrogen) atoms. The molecule has 0 aliphatic heterocycles. The van der Waals surface area contributed by atoms with E-state index >= 15 is 0 Å². The van der Waals surface area contributed by atoms with Crippen molar-refractivity contribution in [3.8, 4) is 16.9 Å². The first-order chi connectivity index (χ1) is 17.3. The number of benzene rings is 5. The van der Waals surface area contributed by atoms with Crippen molar-refractivity contribution in [2.24, 2.45) is 0 Å². The van der Waals surface area contributed by atoms with E-state index in [1.165, 1.54) is 5.56 Å². The van der Waals surface area contributed by atoms with Crippen molar-refractivity contribution in [2.45, 2.75) is 0 Å². The van der Waals surface area contributed by atoms with E-state index in [9.17, 15) is 0 Å². The summed E-state index contributed by atoms with van der Waals surface area (Å²) in [5.41, 5.74) is 7.07. The summed E-state index contributed by atoms with van der Waals surface area (Å²) in [5, 5.41) is 11.3. The van der Waals surface area contributed by atoms with Crippen LogP contribution in [0.3, 0.4) is 0 Å². The summed E-state index contributed by atoms with van der Waals surface area (Å²) < 4.78 is 11.4. The molecule has 0 amide bonds. The third-order valence-corrected chi connectivity index (χ3v) is 6.18. The summed E-state index contributed by atoms with van der Waals surface area (Å²) in [6.07, 6.45) is 0. The quantitative estimate of drug-likeness (QED) is 0.267. The average molecular weight is 455 g/mol. The van der Waals surface area contributed by atoms with Crippen LogP contribution in [0.25, 0.3) is 33.1 Å². The van der Waals surface area contributed by atoms with Crippen molar-refractivity contribution in [3.05, 3.63) is 121 Å². The summed E-state index contributed by atoms with van der Waals surface area (Å²) in [4.78, 5) is 2.22. The lowest BCUT2D eigenvalue weighted by Gasteiger charge is -2.26. The Hall–Kier alpha value is -4.48. The van der Waals surface area contributed by atoms with Gasteiger partial charge in [0.2, 0.25) is 0 Å². The van der Waals surface area contributed by atoms with Crippen molar-refractivity contribution in [1.82, 2.24) is 0 Å². The van der Waals surface area contributed by atoms with Crippen LogP contribution < -0.4 is 9.55 Å². The first kappa shape index (κ1) is 21.1. The summed E-state index contributed by atoms with van der Waals surface area (Å²) in [6.45, 7) is 0. The number of nitrogens with zero attached hydrogens (tertiary/aromatic N) is 1. The van der Waals surface area contributed by atoms with Crippen LogP contribution >= 0.6 is 0 Å². The number of hydrogen-bond donors (Lipinski definition) is 1. The minimum atomic E-state index is -0.357. The predicted octanol–water partition coefficient (Wildman–Crippen LogP) is 7.36. The van der Waals surface area contributed by atoms with Crippen LogP contribution in [-0.4, -0.2) is 12.7 Å². The van der Waals surface area contributed by atoms with Crippen LogP contribution in [-0.2, 0) is 0 Å². The van der Waals surface area contributed by atoms with Crippen LogP contribution in [0.4, 0.5) is 17.1 Å². The van der Waals surface area contributed by atoms with E-state index in [1.807, 2.05) is 60.7 Å². The molecular weight excluding hydrogens is 433 g/mol. The number of anilines is 3. The monoisotopic (exact) mass is 455 g/mol. The summed E-state index contributed by atoms with van der Waals surface area (Å²) in [5.74, 6) is 0.614. The molecule has 0 saturated carbocycles. The maximum atomic E-state index is 9.13. The number of furan rings is 1. The molecule has 1 N–H and O–H groups in total. The van der Waals surface area contributed by atoms with E-state index in [-0.39, 0.29) is 7.69 Å². The second kappa shape index (κ2) is 9.05. The van der Waals surface area contributed by atoms with Gasteiger partial charge in [0.05, 0.1) is 11.1 Å². The molecule has 1 aromatic heterocycles. The number of fused-ring (bicyclic) bond motifs is 3. The summed E-state index contributed by atoms with van der Waals surface area (Å²) >= 11 is 0. The van der Waals surface area contributed by atoms with Crippen LogP contribution in [0.5, 0.6) is 5.75 Å². The highest BCUT2D eigenvalue weighted by atomic mass is 16.5. The molecule has 168 valence electrons. The molecular formula is C30H22BNO3. The van der Waals surface area contributed by atoms with Crippen molar-refractivity contribution in [3.63, 3.8) is 0 Å². The lowest BCUT2D eigenvalue weighted by molar-refractivity contribution is 0.454. The minimum Gasteiger partial charge on any atom is -0.539 e. The van der Waals surface area contributed by atoms with Crippen molar-refractivity contribution < 1.29 is 14.1 Å². The van der Waals surface area contributed by atoms with Crippen LogP contribution in [0.15, 0.2) is 126 Å². The SMILES string of the molecule is OBOc1ccc(N(c2ccc(-c3ccccc3)cc2)c2cccc3oc4ccccc4c23)cc1. The molecule has 6 aromatic rings. The van der Waals surface area contributed by atoms with Crippen molar-refractivity contribution in [1.29, 1.82) is 0 Å². The summed E-state index contributed by atoms with van der Waals surface area (Å²) in [6, 6.07) is 40.9. The Bertz CT molecular complexity index is 1590. The lowest BCUT2D eigenvalue weighted by atomic mass is 10.0. The molecule has 0 unspecified atom stereocenters. The Morgan fingerprint density at radius 2 is 1.23 bits per heavy atom. The van der Waals surface area contributed by atoms with Gasteiger partial charge in [0.1, 0.15) is 16.9 Å². The predicted molar refractivity (Wildman–Crippen MR) is 144 cm³/mol. The zero-order chi connectivity index (χ0) is 23.6. The third kappa shape index (κ3) is 3.92. The van der Waals surface area contributed by atoms with Crippen molar-refractivity contribution in [2.75, 3.05) is 4.90 Å². The van der Waals surface area contributed by atoms with E-state index in [0.717, 1.165) is 44.6 Å². The van der Waals surface area contributed by atoms with Gasteiger partial charge in [0.15, 0.2) is 0 Å². The van der Waals surface area contributed by atoms with Gasteiger partial charge in [0, 0.05) is 16.8 Å². The highest BCUT2D eigenvalue weighted by Crippen LogP contribution is 2.43. The first-order valence-electron chi connectivity index (χ1n) is 11.5. The van der Waals surface area contributed by atoms with E-state index in [2.05, 4.69) is 65.6 Å². The van der Waals surface area contributed by atoms with Gasteiger partial charge in [-0.25, -0.2) is 0 Å². The highest BCUT2D eigenvalue weighted by molar-refractivity contribution is 6.17. The van der Waals surface area contributed by atoms with Gasteiger partial charge in [0.25, 0.3) is 0 Å². The van der Waals surface area contributed by atoms with E-state index in [4.69, 9.17) is 14.1 Å². The second-order valence-electron chi connectivity index (χ2n) is 8.26. The van der Waals surface area contributed by atoms with Crippen LogP contribution in [0.2, 0.25) is 0 Å². The fourth-order valence-electron chi connectivity index (χ4n) is 4.57. The molecule has 0 fully saturated rings. The van der Waals surface area contributed by atoms with E-state index in [0.29, 0.717) is 5.75 Å². The Morgan fingerprint density at radius 1 is 0.600 bits per heavy atom. The van der Waals surface area contributed by atoms with Gasteiger partial charge in [-0.2, -0.15) is 0 Å². The molecule has 0 aliphatic carbocycles. The van der Waals surface area contributed by atoms with Gasteiger partial charge >= 0.3 is 7.69 Å². The van der Waals surface area contributed by atoms with Gasteiger partial charge < -0.3 is 19.0 Å². The number of rotatable bonds is 6. The van der Waals surface area contributed by atoms with Gasteiger partial charge in [-0.3, -0.25) is 0 Å². The molecule has 0 spiro atoms. The molecule has 1 heterocycles. The zero-order valence-electron chi connectivity index (χ0n) is 19.0. The number of para-hydroxylation sites is 1. The maximum Gasteiger partial charge on any atom is 0.504 e. The molecule has 0 aliphatic rings. The van der Waals surface area contributed by atoms with E-state index < -0.39 is 0 Å². The molecule has 0 radical (unpaired) electrons. The fourth-order valence-corrected chi connectivity index (χ4v) is 4.57. The molecule has 0 bridgehead atoms. The van der Waals surface area contributed by atoms with Crippen molar-refractivity contribution >= 4 is 46.7 Å². The average Bonchev–Trinajstić information content (AvgIpc) is 3.30. The zero-order valence-corrected chi connectivity index (χ0v) is 19.0. The van der Waals surface area contributed by atoms with Crippen LogP contribution in [0.1, 0.15) is 0 Å². The Balaban J connectivity index is 1.53. The van der Waals surface area contributed by atoms with Crippen LogP contribution in [0, 0.1) is 0 Å². The second-order valence-corrected chi connectivity index (χ2v) is 8.26. The van der Waals surface area contributed by atoms with Gasteiger partial charge in [-0.15, -0.1) is 0 Å². The fraction of sp³-hybridized carbons (Fsp3) is 0. The molecule has 4 nitrogen and oxygen atoms in total. The third-order valence-electron chi connectivity index (χ3n) is 6.18. The standard InChI is InChI=1S/C30H22BNO3/c33-31-35-25-19-17-24(18-20-25)32(23-15-13-22(14-16-23)21-7-2-1-3-8-21)27-10-6-12-29-30(27)26-9-4-5-11-28(26)34-29/h1-20,31,33H. The molecule has 0 saturated heterocycles. The molecule has 6 rings (SSSR count). The largest absolute Gasteiger partial charge is 0.539 e. The highest BCUT2D eigenvalue weighted by Gasteiger charge is 2.19. The van der Waals surface area contributed by atoms with Gasteiger partial charge in [-0.1, -0.05) is 66.7 Å². The molecule has 5 aromatic carbocycles. The lowest BCUT2D eigenvalue weighted by Crippen LogP contribution is -2.10. The Morgan fingerprint density at radius 3 is 1.97 bits per heavy atom. The van der Waals surface area contributed by atoms with E-state index in [1.54, 1.807) is 0 Å². The smallest absolute Gasteiger partial charge is 0.504 e. The maximum absolute atomic E-state index is 9.13. The molecule has 5 heteroatoms. The Kier molecular flexibility index (Phi) is 5.45. The molecule has 0 atom stereocenters. The first-order valence-corrected chi connectivity index (χ1v) is 11.5. The normalized spacial score (nSPS) is 11.0. The Labute approximate surface area is 203 Å². The topological polar surface area (TPSA) is 45.8 Å². The number of hydrogen-bond acceptors (Lipinski definition) is 4.